The summed E-state index contributed by atoms with van der Waals surface area (Å²) in [5.74, 6) is 0. The van der Waals surface area contributed by atoms with Crippen molar-refractivity contribution < 1.29 is 5.11 Å². The highest BCUT2D eigenvalue weighted by atomic mass is 16.3. The van der Waals surface area contributed by atoms with Crippen LogP contribution in [-0.2, 0) is 6.42 Å². The van der Waals surface area contributed by atoms with E-state index in [1.807, 2.05) is 6.92 Å². The van der Waals surface area contributed by atoms with Crippen molar-refractivity contribution in [2.75, 3.05) is 13.1 Å². The summed E-state index contributed by atoms with van der Waals surface area (Å²) < 4.78 is 2.10. The van der Waals surface area contributed by atoms with Crippen LogP contribution in [0.2, 0.25) is 0 Å². The molecule has 0 aliphatic heterocycles. The molecular formula is C15H27N3O. The van der Waals surface area contributed by atoms with Crippen molar-refractivity contribution in [3.63, 3.8) is 0 Å². The molecule has 0 aromatic carbocycles. The molecule has 1 heterocycles. The first-order chi connectivity index (χ1) is 9.11. The Balaban J connectivity index is 1.87. The standard InChI is InChI=1S/C15H27N3O/c1-3-16-10-9-15(2,19)12-13-8-11-18(17-13)14-6-4-5-7-14/h8,11,14,16,19H,3-7,9-10,12H2,1-2H3. The van der Waals surface area contributed by atoms with E-state index in [9.17, 15) is 5.11 Å². The zero-order chi connectivity index (χ0) is 13.7. The highest BCUT2D eigenvalue weighted by Crippen LogP contribution is 2.29. The molecule has 1 atom stereocenters. The molecule has 4 heteroatoms. The molecule has 19 heavy (non-hydrogen) atoms. The second kappa shape index (κ2) is 6.53. The Morgan fingerprint density at radius 1 is 1.47 bits per heavy atom. The van der Waals surface area contributed by atoms with E-state index in [-0.39, 0.29) is 0 Å². The van der Waals surface area contributed by atoms with Gasteiger partial charge in [-0.1, -0.05) is 19.8 Å². The van der Waals surface area contributed by atoms with Gasteiger partial charge in [-0.25, -0.2) is 0 Å². The maximum atomic E-state index is 10.4. The number of hydrogen-bond donors (Lipinski definition) is 2. The molecule has 0 spiro atoms. The van der Waals surface area contributed by atoms with E-state index in [0.717, 1.165) is 25.2 Å². The number of rotatable bonds is 7. The van der Waals surface area contributed by atoms with Crippen LogP contribution in [0.1, 0.15) is 57.7 Å². The fourth-order valence-electron chi connectivity index (χ4n) is 2.86. The molecule has 2 rings (SSSR count). The van der Waals surface area contributed by atoms with Crippen LogP contribution in [0.5, 0.6) is 0 Å². The SMILES string of the molecule is CCNCCC(C)(O)Cc1ccn(C2CCCC2)n1. The molecule has 0 radical (unpaired) electrons. The van der Waals surface area contributed by atoms with Crippen LogP contribution in [0.3, 0.4) is 0 Å². The smallest absolute Gasteiger partial charge is 0.0687 e. The highest BCUT2D eigenvalue weighted by Gasteiger charge is 2.23. The van der Waals surface area contributed by atoms with Gasteiger partial charge in [-0.2, -0.15) is 5.10 Å². The molecule has 1 aliphatic carbocycles. The van der Waals surface area contributed by atoms with Crippen molar-refractivity contribution in [3.8, 4) is 0 Å². The average molecular weight is 265 g/mol. The first kappa shape index (κ1) is 14.5. The second-order valence-electron chi connectivity index (χ2n) is 6.00. The van der Waals surface area contributed by atoms with Gasteiger partial charge in [0.1, 0.15) is 0 Å². The van der Waals surface area contributed by atoms with Gasteiger partial charge < -0.3 is 10.4 Å². The zero-order valence-corrected chi connectivity index (χ0v) is 12.2. The summed E-state index contributed by atoms with van der Waals surface area (Å²) in [4.78, 5) is 0. The quantitative estimate of drug-likeness (QED) is 0.744. The second-order valence-corrected chi connectivity index (χ2v) is 6.00. The lowest BCUT2D eigenvalue weighted by Crippen LogP contribution is -2.32. The van der Waals surface area contributed by atoms with E-state index in [1.165, 1.54) is 25.7 Å². The van der Waals surface area contributed by atoms with Crippen molar-refractivity contribution >= 4 is 0 Å². The fraction of sp³-hybridized carbons (Fsp3) is 0.800. The van der Waals surface area contributed by atoms with Gasteiger partial charge in [0, 0.05) is 12.6 Å². The molecule has 1 aromatic rings. The fourth-order valence-corrected chi connectivity index (χ4v) is 2.86. The third-order valence-electron chi connectivity index (χ3n) is 4.01. The molecule has 1 aromatic heterocycles. The molecular weight excluding hydrogens is 238 g/mol. The Bertz CT molecular complexity index is 380. The Kier molecular flexibility index (Phi) is 4.99. The Morgan fingerprint density at radius 2 is 2.21 bits per heavy atom. The lowest BCUT2D eigenvalue weighted by molar-refractivity contribution is 0.0505. The van der Waals surface area contributed by atoms with E-state index in [1.54, 1.807) is 0 Å². The van der Waals surface area contributed by atoms with Crippen LogP contribution in [0.15, 0.2) is 12.3 Å². The predicted octanol–water partition coefficient (Wildman–Crippen LogP) is 2.29. The largest absolute Gasteiger partial charge is 0.390 e. The van der Waals surface area contributed by atoms with Crippen molar-refractivity contribution in [3.05, 3.63) is 18.0 Å². The third-order valence-corrected chi connectivity index (χ3v) is 4.01. The van der Waals surface area contributed by atoms with E-state index in [0.29, 0.717) is 12.5 Å². The summed E-state index contributed by atoms with van der Waals surface area (Å²) in [6.07, 6.45) is 8.61. The van der Waals surface area contributed by atoms with Crippen LogP contribution in [0, 0.1) is 0 Å². The summed E-state index contributed by atoms with van der Waals surface area (Å²) in [6.45, 7) is 5.79. The summed E-state index contributed by atoms with van der Waals surface area (Å²) in [6, 6.07) is 2.64. The first-order valence-corrected chi connectivity index (χ1v) is 7.58. The molecule has 4 nitrogen and oxygen atoms in total. The normalized spacial score (nSPS) is 19.7. The molecule has 1 aliphatic rings. The number of nitrogens with zero attached hydrogens (tertiary/aromatic N) is 2. The zero-order valence-electron chi connectivity index (χ0n) is 12.2. The van der Waals surface area contributed by atoms with Crippen LogP contribution >= 0.6 is 0 Å². The van der Waals surface area contributed by atoms with Gasteiger partial charge >= 0.3 is 0 Å². The minimum absolute atomic E-state index is 0.584. The Morgan fingerprint density at radius 3 is 2.89 bits per heavy atom. The number of aliphatic hydroxyl groups is 1. The van der Waals surface area contributed by atoms with Gasteiger partial charge in [0.15, 0.2) is 0 Å². The van der Waals surface area contributed by atoms with Crippen LogP contribution in [0.25, 0.3) is 0 Å². The predicted molar refractivity (Wildman–Crippen MR) is 77.2 cm³/mol. The summed E-state index contributed by atoms with van der Waals surface area (Å²) in [7, 11) is 0. The van der Waals surface area contributed by atoms with Gasteiger partial charge in [0.2, 0.25) is 0 Å². The summed E-state index contributed by atoms with van der Waals surface area (Å²) in [5, 5.41) is 18.3. The van der Waals surface area contributed by atoms with Crippen molar-refractivity contribution in [1.82, 2.24) is 15.1 Å². The van der Waals surface area contributed by atoms with E-state index >= 15 is 0 Å². The number of hydrogen-bond acceptors (Lipinski definition) is 3. The molecule has 1 unspecified atom stereocenters. The maximum absolute atomic E-state index is 10.4. The summed E-state index contributed by atoms with van der Waals surface area (Å²) in [5.41, 5.74) is 0.338. The van der Waals surface area contributed by atoms with Crippen molar-refractivity contribution in [2.45, 2.75) is 64.0 Å². The van der Waals surface area contributed by atoms with Crippen LogP contribution in [-0.4, -0.2) is 33.6 Å². The first-order valence-electron chi connectivity index (χ1n) is 7.58. The molecule has 1 fully saturated rings. The van der Waals surface area contributed by atoms with Gasteiger partial charge in [-0.3, -0.25) is 4.68 Å². The minimum Gasteiger partial charge on any atom is -0.390 e. The minimum atomic E-state index is -0.670. The lowest BCUT2D eigenvalue weighted by Gasteiger charge is -2.22. The van der Waals surface area contributed by atoms with Crippen LogP contribution < -0.4 is 5.32 Å². The van der Waals surface area contributed by atoms with Crippen molar-refractivity contribution in [1.29, 1.82) is 0 Å². The molecule has 0 bridgehead atoms. The number of nitrogens with one attached hydrogen (secondary N) is 1. The lowest BCUT2D eigenvalue weighted by atomic mass is 9.96. The molecule has 1 saturated carbocycles. The Hall–Kier alpha value is -0.870. The molecule has 0 saturated heterocycles. The summed E-state index contributed by atoms with van der Waals surface area (Å²) >= 11 is 0. The third kappa shape index (κ3) is 4.32. The average Bonchev–Trinajstić information content (AvgIpc) is 2.98. The topological polar surface area (TPSA) is 50.1 Å². The van der Waals surface area contributed by atoms with Gasteiger partial charge in [0.25, 0.3) is 0 Å². The molecule has 108 valence electrons. The number of aromatic nitrogens is 2. The highest BCUT2D eigenvalue weighted by molar-refractivity contribution is 5.04. The maximum Gasteiger partial charge on any atom is 0.0687 e. The molecule has 2 N–H and O–H groups in total. The van der Waals surface area contributed by atoms with E-state index in [4.69, 9.17) is 0 Å². The van der Waals surface area contributed by atoms with E-state index in [2.05, 4.69) is 34.3 Å². The van der Waals surface area contributed by atoms with Crippen molar-refractivity contribution in [2.24, 2.45) is 0 Å². The monoisotopic (exact) mass is 265 g/mol. The van der Waals surface area contributed by atoms with Gasteiger partial charge in [-0.15, -0.1) is 0 Å². The van der Waals surface area contributed by atoms with Crippen LogP contribution in [0.4, 0.5) is 0 Å². The molecule has 0 amide bonds. The Labute approximate surface area is 116 Å². The van der Waals surface area contributed by atoms with Gasteiger partial charge in [0.05, 0.1) is 17.3 Å². The van der Waals surface area contributed by atoms with Gasteiger partial charge in [-0.05, 0) is 45.3 Å². The van der Waals surface area contributed by atoms with E-state index < -0.39 is 5.60 Å².